The minimum absolute atomic E-state index is 0.0295. The summed E-state index contributed by atoms with van der Waals surface area (Å²) in [6, 6.07) is 8.74. The van der Waals surface area contributed by atoms with E-state index < -0.39 is 11.3 Å². The monoisotopic (exact) mass is 409 g/mol. The van der Waals surface area contributed by atoms with Crippen molar-refractivity contribution in [2.75, 3.05) is 7.05 Å². The lowest BCUT2D eigenvalue weighted by atomic mass is 9.67. The normalized spacial score (nSPS) is 20.8. The minimum Gasteiger partial charge on any atom is -0.501 e. The Balaban J connectivity index is 1.84. The van der Waals surface area contributed by atoms with Crippen LogP contribution in [0.3, 0.4) is 0 Å². The van der Waals surface area contributed by atoms with Gasteiger partial charge >= 0.3 is 5.56 Å². The van der Waals surface area contributed by atoms with Crippen LogP contribution in [0.1, 0.15) is 73.4 Å². The summed E-state index contributed by atoms with van der Waals surface area (Å²) in [5, 5.41) is 10.4. The first kappa shape index (κ1) is 20.6. The van der Waals surface area contributed by atoms with Crippen molar-refractivity contribution in [3.63, 3.8) is 0 Å². The Hall–Kier alpha value is -2.63. The van der Waals surface area contributed by atoms with Gasteiger partial charge in [0.05, 0.1) is 0 Å². The summed E-state index contributed by atoms with van der Waals surface area (Å²) in [6.07, 6.45) is 7.16. The maximum Gasteiger partial charge on any atom is 0.315 e. The van der Waals surface area contributed by atoms with Crippen LogP contribution in [0.2, 0.25) is 0 Å². The molecule has 1 saturated carbocycles. The summed E-state index contributed by atoms with van der Waals surface area (Å²) in [4.78, 5) is 31.2. The predicted octanol–water partition coefficient (Wildman–Crippen LogP) is 3.43. The second-order valence-corrected chi connectivity index (χ2v) is 8.98. The van der Waals surface area contributed by atoms with Crippen molar-refractivity contribution in [3.8, 4) is 5.75 Å². The number of rotatable bonds is 4. The number of carbonyl (C=O) groups excluding carboxylic acids is 1. The number of aromatic nitrogens is 2. The lowest BCUT2D eigenvalue weighted by molar-refractivity contribution is 0.0660. The molecule has 6 nitrogen and oxygen atoms in total. The molecule has 1 aliphatic carbocycles. The molecule has 1 aliphatic heterocycles. The first-order valence-corrected chi connectivity index (χ1v) is 11.1. The highest BCUT2D eigenvalue weighted by Crippen LogP contribution is 2.42. The molecule has 1 aromatic heterocycles. The number of aryl methyl sites for hydroxylation is 1. The number of amides is 1. The van der Waals surface area contributed by atoms with Crippen LogP contribution >= 0.6 is 0 Å². The quantitative estimate of drug-likeness (QED) is 0.839. The van der Waals surface area contributed by atoms with Gasteiger partial charge in [0, 0.05) is 31.5 Å². The topological polar surface area (TPSA) is 75.4 Å². The van der Waals surface area contributed by atoms with Crippen LogP contribution in [0.5, 0.6) is 5.75 Å². The number of hydrogen-bond donors (Lipinski definition) is 1. The van der Waals surface area contributed by atoms with Gasteiger partial charge < -0.3 is 14.6 Å². The standard InChI is InChI=1S/C24H31N3O3/c1-4-17-9-8-10-18(13-17)24(11-6-5-7-12-24)14-19-25-22(29)21(28)20-23(30)26(3)16(2)15-27(19)20/h8-10,13,16,28H,4-7,11-12,14-15H2,1-3H3. The number of benzene rings is 1. The van der Waals surface area contributed by atoms with Crippen LogP contribution in [-0.2, 0) is 24.8 Å². The lowest BCUT2D eigenvalue weighted by Crippen LogP contribution is -2.47. The van der Waals surface area contributed by atoms with Crippen molar-refractivity contribution in [3.05, 3.63) is 57.3 Å². The summed E-state index contributed by atoms with van der Waals surface area (Å²) < 4.78 is 1.80. The highest BCUT2D eigenvalue weighted by atomic mass is 16.3. The summed E-state index contributed by atoms with van der Waals surface area (Å²) in [5.41, 5.74) is 1.88. The predicted molar refractivity (Wildman–Crippen MR) is 116 cm³/mol. The number of hydrogen-bond acceptors (Lipinski definition) is 4. The van der Waals surface area contributed by atoms with Crippen LogP contribution in [0.15, 0.2) is 29.1 Å². The molecule has 1 amide bonds. The van der Waals surface area contributed by atoms with Gasteiger partial charge in [-0.1, -0.05) is 50.5 Å². The molecule has 1 unspecified atom stereocenters. The number of nitrogens with zero attached hydrogens (tertiary/aromatic N) is 3. The second kappa shape index (κ2) is 7.89. The smallest absolute Gasteiger partial charge is 0.315 e. The van der Waals surface area contributed by atoms with Gasteiger partial charge in [0.25, 0.3) is 5.91 Å². The molecule has 2 aromatic rings. The van der Waals surface area contributed by atoms with Gasteiger partial charge in [-0.25, -0.2) is 0 Å². The summed E-state index contributed by atoms with van der Waals surface area (Å²) in [7, 11) is 1.71. The minimum atomic E-state index is -0.708. The fourth-order valence-electron chi connectivity index (χ4n) is 5.11. The molecule has 0 radical (unpaired) electrons. The molecule has 2 aliphatic rings. The van der Waals surface area contributed by atoms with Gasteiger partial charge in [0.15, 0.2) is 5.69 Å². The summed E-state index contributed by atoms with van der Waals surface area (Å²) in [6.45, 7) is 4.66. The number of likely N-dealkylation sites (N-methyl/N-ethyl adjacent to an activating group) is 1. The summed E-state index contributed by atoms with van der Waals surface area (Å²) in [5.74, 6) is -0.240. The molecule has 1 fully saturated rings. The Bertz CT molecular complexity index is 1020. The number of carbonyl (C=O) groups is 1. The molecular formula is C24H31N3O3. The van der Waals surface area contributed by atoms with Gasteiger partial charge in [0.1, 0.15) is 5.82 Å². The Kier molecular flexibility index (Phi) is 5.43. The Morgan fingerprint density at radius 3 is 2.63 bits per heavy atom. The van der Waals surface area contributed by atoms with Crippen molar-refractivity contribution in [2.24, 2.45) is 0 Å². The SMILES string of the molecule is CCc1cccc(C2(Cc3nc(=O)c(O)c4n3CC(C)N(C)C4=O)CCCCC2)c1. The molecule has 1 atom stereocenters. The van der Waals surface area contributed by atoms with Crippen LogP contribution in [-0.4, -0.2) is 38.6 Å². The highest BCUT2D eigenvalue weighted by molar-refractivity contribution is 5.95. The van der Waals surface area contributed by atoms with E-state index in [0.717, 1.165) is 32.1 Å². The number of fused-ring (bicyclic) bond motifs is 1. The molecule has 30 heavy (non-hydrogen) atoms. The van der Waals surface area contributed by atoms with Crippen molar-refractivity contribution >= 4 is 5.91 Å². The number of aromatic hydroxyl groups is 1. The molecular weight excluding hydrogens is 378 g/mol. The highest BCUT2D eigenvalue weighted by Gasteiger charge is 2.38. The van der Waals surface area contributed by atoms with Crippen molar-refractivity contribution in [2.45, 2.75) is 76.8 Å². The molecule has 0 spiro atoms. The second-order valence-electron chi connectivity index (χ2n) is 8.98. The van der Waals surface area contributed by atoms with Crippen LogP contribution < -0.4 is 5.56 Å². The van der Waals surface area contributed by atoms with E-state index in [1.54, 1.807) is 16.5 Å². The third-order valence-electron chi connectivity index (χ3n) is 7.12. The van der Waals surface area contributed by atoms with Gasteiger partial charge in [-0.15, -0.1) is 0 Å². The van der Waals surface area contributed by atoms with Crippen molar-refractivity contribution in [1.82, 2.24) is 14.5 Å². The van der Waals surface area contributed by atoms with E-state index in [2.05, 4.69) is 36.2 Å². The van der Waals surface area contributed by atoms with Gasteiger partial charge in [0.2, 0.25) is 5.75 Å². The van der Waals surface area contributed by atoms with Crippen LogP contribution in [0.4, 0.5) is 0 Å². The zero-order chi connectivity index (χ0) is 21.5. The fourth-order valence-corrected chi connectivity index (χ4v) is 5.11. The van der Waals surface area contributed by atoms with Gasteiger partial charge in [-0.05, 0) is 37.3 Å². The Morgan fingerprint density at radius 2 is 1.93 bits per heavy atom. The summed E-state index contributed by atoms with van der Waals surface area (Å²) >= 11 is 0. The molecule has 4 rings (SSSR count). The van der Waals surface area contributed by atoms with Crippen LogP contribution in [0.25, 0.3) is 0 Å². The molecule has 160 valence electrons. The van der Waals surface area contributed by atoms with Gasteiger partial charge in [-0.2, -0.15) is 4.98 Å². The maximum atomic E-state index is 12.9. The van der Waals surface area contributed by atoms with Crippen molar-refractivity contribution < 1.29 is 9.90 Å². The van der Waals surface area contributed by atoms with E-state index in [9.17, 15) is 14.7 Å². The van der Waals surface area contributed by atoms with E-state index in [-0.39, 0.29) is 23.1 Å². The average molecular weight is 410 g/mol. The molecule has 0 saturated heterocycles. The van der Waals surface area contributed by atoms with Crippen LogP contribution in [0, 0.1) is 0 Å². The van der Waals surface area contributed by atoms with Crippen molar-refractivity contribution in [1.29, 1.82) is 0 Å². The van der Waals surface area contributed by atoms with E-state index in [0.29, 0.717) is 18.8 Å². The maximum absolute atomic E-state index is 12.9. The molecule has 0 bridgehead atoms. The van der Waals surface area contributed by atoms with Gasteiger partial charge in [-0.3, -0.25) is 9.59 Å². The third kappa shape index (κ3) is 3.42. The van der Waals surface area contributed by atoms with E-state index >= 15 is 0 Å². The Labute approximate surface area is 177 Å². The molecule has 2 heterocycles. The molecule has 1 aromatic carbocycles. The third-order valence-corrected chi connectivity index (χ3v) is 7.12. The largest absolute Gasteiger partial charge is 0.501 e. The lowest BCUT2D eigenvalue weighted by Gasteiger charge is -2.40. The molecule has 1 N–H and O–H groups in total. The molecule has 6 heteroatoms. The zero-order valence-electron chi connectivity index (χ0n) is 18.1. The first-order chi connectivity index (χ1) is 14.4. The fraction of sp³-hybridized carbons (Fsp3) is 0.542. The first-order valence-electron chi connectivity index (χ1n) is 11.1. The van der Waals surface area contributed by atoms with E-state index in [1.165, 1.54) is 17.5 Å². The average Bonchev–Trinajstić information content (AvgIpc) is 2.76. The van der Waals surface area contributed by atoms with E-state index in [1.807, 2.05) is 6.92 Å². The Morgan fingerprint density at radius 1 is 1.20 bits per heavy atom. The van der Waals surface area contributed by atoms with E-state index in [4.69, 9.17) is 0 Å². The zero-order valence-corrected chi connectivity index (χ0v) is 18.1.